The molecule has 0 bridgehead atoms. The minimum absolute atomic E-state index is 0.0559. The molecule has 27 heavy (non-hydrogen) atoms. The molecular formula is C19H14ClF2N3OS. The van der Waals surface area contributed by atoms with Crippen molar-refractivity contribution in [2.24, 2.45) is 0 Å². The van der Waals surface area contributed by atoms with E-state index < -0.39 is 11.7 Å². The van der Waals surface area contributed by atoms with Crippen LogP contribution >= 0.6 is 23.4 Å². The first-order valence-electron chi connectivity index (χ1n) is 8.25. The van der Waals surface area contributed by atoms with Crippen LogP contribution in [0.3, 0.4) is 0 Å². The highest BCUT2D eigenvalue weighted by Gasteiger charge is 2.24. The van der Waals surface area contributed by atoms with Gasteiger partial charge in [0.1, 0.15) is 11.6 Å². The summed E-state index contributed by atoms with van der Waals surface area (Å²) in [5.41, 5.74) is 2.05. The van der Waals surface area contributed by atoms with Crippen molar-refractivity contribution in [2.75, 3.05) is 5.75 Å². The minimum atomic E-state index is -0.673. The van der Waals surface area contributed by atoms with Gasteiger partial charge in [0.15, 0.2) is 5.16 Å². The number of hydrogen-bond donors (Lipinski definition) is 1. The van der Waals surface area contributed by atoms with Crippen LogP contribution in [0.15, 0.2) is 47.6 Å². The molecule has 138 valence electrons. The van der Waals surface area contributed by atoms with Crippen LogP contribution in [-0.4, -0.2) is 21.2 Å². The van der Waals surface area contributed by atoms with Gasteiger partial charge < -0.3 is 9.88 Å². The van der Waals surface area contributed by atoms with Gasteiger partial charge in [0.05, 0.1) is 28.5 Å². The number of thioether (sulfide) groups is 1. The number of benzene rings is 2. The van der Waals surface area contributed by atoms with E-state index >= 15 is 0 Å². The molecule has 1 amide bonds. The predicted octanol–water partition coefficient (Wildman–Crippen LogP) is 4.52. The molecule has 1 N–H and O–H groups in total. The van der Waals surface area contributed by atoms with E-state index in [1.165, 1.54) is 30.3 Å². The molecule has 0 saturated heterocycles. The predicted molar refractivity (Wildman–Crippen MR) is 101 cm³/mol. The Kier molecular flexibility index (Phi) is 4.88. The lowest BCUT2D eigenvalue weighted by Gasteiger charge is -2.11. The summed E-state index contributed by atoms with van der Waals surface area (Å²) >= 11 is 7.58. The normalized spacial score (nSPS) is 12.9. The molecule has 4 rings (SSSR count). The van der Waals surface area contributed by atoms with Crippen molar-refractivity contribution in [3.05, 3.63) is 70.4 Å². The number of aromatic nitrogens is 2. The highest BCUT2D eigenvalue weighted by atomic mass is 35.5. The molecule has 0 aliphatic carbocycles. The lowest BCUT2D eigenvalue weighted by Crippen LogP contribution is -2.25. The Morgan fingerprint density at radius 3 is 2.74 bits per heavy atom. The third-order valence-corrected chi connectivity index (χ3v) is 5.58. The van der Waals surface area contributed by atoms with Crippen molar-refractivity contribution in [1.82, 2.24) is 14.9 Å². The molecule has 0 saturated carbocycles. The number of carbonyl (C=O) groups excluding carboxylic acids is 1. The van der Waals surface area contributed by atoms with Gasteiger partial charge in [-0.2, -0.15) is 0 Å². The molecule has 3 aromatic rings. The molecule has 2 aromatic carbocycles. The number of hydrogen-bond acceptors (Lipinski definition) is 3. The average molecular weight is 406 g/mol. The zero-order chi connectivity index (χ0) is 19.0. The minimum Gasteiger partial charge on any atom is -0.346 e. The van der Waals surface area contributed by atoms with E-state index in [1.807, 2.05) is 4.57 Å². The fourth-order valence-electron chi connectivity index (χ4n) is 3.02. The van der Waals surface area contributed by atoms with Crippen LogP contribution in [-0.2, 0) is 13.1 Å². The van der Waals surface area contributed by atoms with Crippen LogP contribution in [0.1, 0.15) is 16.1 Å². The molecule has 1 aliphatic heterocycles. The molecule has 0 atom stereocenters. The Bertz CT molecular complexity index is 1000. The van der Waals surface area contributed by atoms with Gasteiger partial charge in [-0.05, 0) is 36.4 Å². The summed E-state index contributed by atoms with van der Waals surface area (Å²) < 4.78 is 29.2. The standard InChI is InChI=1S/C19H14ClF2N3OS/c20-13-2-1-3-14(22)16(13)18(26)23-10-15-17(11-4-6-12(21)7-5-11)24-19-25(15)8-9-27-19/h1-7H,8-10H2,(H,23,26). The first-order valence-corrected chi connectivity index (χ1v) is 9.61. The first kappa shape index (κ1) is 18.0. The largest absolute Gasteiger partial charge is 0.346 e. The van der Waals surface area contributed by atoms with Crippen molar-refractivity contribution in [2.45, 2.75) is 18.2 Å². The Morgan fingerprint density at radius 1 is 1.22 bits per heavy atom. The summed E-state index contributed by atoms with van der Waals surface area (Å²) in [7, 11) is 0. The van der Waals surface area contributed by atoms with Crippen molar-refractivity contribution in [1.29, 1.82) is 0 Å². The van der Waals surface area contributed by atoms with E-state index in [0.29, 0.717) is 5.69 Å². The summed E-state index contributed by atoms with van der Waals surface area (Å²) in [6.07, 6.45) is 0. The molecule has 0 radical (unpaired) electrons. The number of halogens is 3. The van der Waals surface area contributed by atoms with Crippen LogP contribution in [0.4, 0.5) is 8.78 Å². The number of fused-ring (bicyclic) bond motifs is 1. The van der Waals surface area contributed by atoms with E-state index in [0.717, 1.165) is 28.7 Å². The van der Waals surface area contributed by atoms with Crippen molar-refractivity contribution < 1.29 is 13.6 Å². The average Bonchev–Trinajstić information content (AvgIpc) is 3.22. The Labute approximate surface area is 163 Å². The molecule has 2 heterocycles. The lowest BCUT2D eigenvalue weighted by atomic mass is 10.1. The second kappa shape index (κ2) is 7.32. The van der Waals surface area contributed by atoms with Crippen LogP contribution in [0.25, 0.3) is 11.3 Å². The van der Waals surface area contributed by atoms with Gasteiger partial charge in [-0.25, -0.2) is 13.8 Å². The van der Waals surface area contributed by atoms with Gasteiger partial charge in [-0.1, -0.05) is 29.4 Å². The number of amides is 1. The molecule has 0 fully saturated rings. The van der Waals surface area contributed by atoms with Crippen LogP contribution in [0.2, 0.25) is 5.02 Å². The number of nitrogens with zero attached hydrogens (tertiary/aromatic N) is 2. The lowest BCUT2D eigenvalue weighted by molar-refractivity contribution is 0.0946. The van der Waals surface area contributed by atoms with Crippen LogP contribution in [0.5, 0.6) is 0 Å². The van der Waals surface area contributed by atoms with E-state index in [9.17, 15) is 13.6 Å². The van der Waals surface area contributed by atoms with Crippen molar-refractivity contribution >= 4 is 29.3 Å². The summed E-state index contributed by atoms with van der Waals surface area (Å²) in [5.74, 6) is -0.701. The van der Waals surface area contributed by atoms with E-state index in [1.54, 1.807) is 23.9 Å². The van der Waals surface area contributed by atoms with Crippen LogP contribution in [0, 0.1) is 11.6 Å². The van der Waals surface area contributed by atoms with Gasteiger partial charge in [0.2, 0.25) is 0 Å². The van der Waals surface area contributed by atoms with Crippen LogP contribution < -0.4 is 5.32 Å². The fourth-order valence-corrected chi connectivity index (χ4v) is 4.24. The van der Waals surface area contributed by atoms with Crippen molar-refractivity contribution in [3.63, 3.8) is 0 Å². The Morgan fingerprint density at radius 2 is 2.00 bits per heavy atom. The summed E-state index contributed by atoms with van der Waals surface area (Å²) in [5, 5.41) is 3.63. The van der Waals surface area contributed by atoms with E-state index in [4.69, 9.17) is 11.6 Å². The topological polar surface area (TPSA) is 46.9 Å². The summed E-state index contributed by atoms with van der Waals surface area (Å²) in [4.78, 5) is 17.1. The quantitative estimate of drug-likeness (QED) is 0.694. The maximum Gasteiger partial charge on any atom is 0.256 e. The molecular weight excluding hydrogens is 392 g/mol. The zero-order valence-electron chi connectivity index (χ0n) is 14.0. The number of imidazole rings is 1. The van der Waals surface area contributed by atoms with Gasteiger partial charge in [0, 0.05) is 17.9 Å². The molecule has 8 heteroatoms. The summed E-state index contributed by atoms with van der Waals surface area (Å²) in [6.45, 7) is 0.920. The highest BCUT2D eigenvalue weighted by Crippen LogP contribution is 2.33. The number of nitrogens with one attached hydrogen (secondary N) is 1. The Balaban J connectivity index is 1.64. The van der Waals surface area contributed by atoms with Gasteiger partial charge in [-0.15, -0.1) is 0 Å². The maximum atomic E-state index is 14.0. The second-order valence-electron chi connectivity index (χ2n) is 5.98. The maximum absolute atomic E-state index is 14.0. The Hall–Kier alpha value is -2.38. The third-order valence-electron chi connectivity index (χ3n) is 4.31. The molecule has 1 aliphatic rings. The zero-order valence-corrected chi connectivity index (χ0v) is 15.6. The second-order valence-corrected chi connectivity index (χ2v) is 7.45. The van der Waals surface area contributed by atoms with E-state index in [-0.39, 0.29) is 22.9 Å². The highest BCUT2D eigenvalue weighted by molar-refractivity contribution is 7.99. The smallest absolute Gasteiger partial charge is 0.256 e. The molecule has 0 spiro atoms. The monoisotopic (exact) mass is 405 g/mol. The number of rotatable bonds is 4. The van der Waals surface area contributed by atoms with Gasteiger partial charge in [-0.3, -0.25) is 4.79 Å². The summed E-state index contributed by atoms with van der Waals surface area (Å²) in [6, 6.07) is 10.1. The SMILES string of the molecule is O=C(NCc1c(-c2ccc(F)cc2)nc2n1CCS2)c1c(F)cccc1Cl. The van der Waals surface area contributed by atoms with E-state index in [2.05, 4.69) is 10.3 Å². The van der Waals surface area contributed by atoms with Crippen molar-refractivity contribution in [3.8, 4) is 11.3 Å². The van der Waals surface area contributed by atoms with Gasteiger partial charge >= 0.3 is 0 Å². The molecule has 0 unspecified atom stereocenters. The molecule has 4 nitrogen and oxygen atoms in total. The fraction of sp³-hybridized carbons (Fsp3) is 0.158. The molecule has 1 aromatic heterocycles. The first-order chi connectivity index (χ1) is 13.0. The van der Waals surface area contributed by atoms with Gasteiger partial charge in [0.25, 0.3) is 5.91 Å². The number of carbonyl (C=O) groups is 1. The third kappa shape index (κ3) is 3.44.